The molecule has 9 heteroatoms. The van der Waals surface area contributed by atoms with E-state index in [1.807, 2.05) is 0 Å². The zero-order chi connectivity index (χ0) is 21.5. The van der Waals surface area contributed by atoms with E-state index < -0.39 is 27.8 Å². The number of esters is 2. The summed E-state index contributed by atoms with van der Waals surface area (Å²) in [5, 5.41) is 0. The molecule has 0 atom stereocenters. The van der Waals surface area contributed by atoms with Gasteiger partial charge in [0, 0.05) is 5.75 Å². The van der Waals surface area contributed by atoms with Crippen molar-refractivity contribution in [2.75, 3.05) is 19.0 Å². The second-order valence-electron chi connectivity index (χ2n) is 6.91. The number of rotatable bonds is 15. The summed E-state index contributed by atoms with van der Waals surface area (Å²) in [5.74, 6) is -1.74. The maximum Gasteiger partial charge on any atom is 1.00 e. The van der Waals surface area contributed by atoms with E-state index in [1.54, 1.807) is 12.1 Å². The average molecular weight is 467 g/mol. The third-order valence-corrected chi connectivity index (χ3v) is 5.16. The van der Waals surface area contributed by atoms with E-state index in [1.165, 1.54) is 37.8 Å². The Morgan fingerprint density at radius 2 is 1.23 bits per heavy atom. The van der Waals surface area contributed by atoms with Crippen LogP contribution in [0.5, 0.6) is 0 Å². The van der Waals surface area contributed by atoms with Crippen LogP contribution in [0.1, 0.15) is 85.4 Å². The summed E-state index contributed by atoms with van der Waals surface area (Å²) in [7, 11) is -4.27. The maximum absolute atomic E-state index is 12.3. The van der Waals surface area contributed by atoms with Gasteiger partial charge in [-0.2, -0.15) is 0 Å². The first-order chi connectivity index (χ1) is 13.8. The fourth-order valence-corrected chi connectivity index (χ4v) is 3.32. The van der Waals surface area contributed by atoms with Gasteiger partial charge in [0.05, 0.1) is 34.5 Å². The predicted octanol–water partition coefficient (Wildman–Crippen LogP) is 1.08. The summed E-state index contributed by atoms with van der Waals surface area (Å²) in [6.45, 7) is 2.45. The van der Waals surface area contributed by atoms with E-state index in [2.05, 4.69) is 6.92 Å². The van der Waals surface area contributed by atoms with Gasteiger partial charge in [-0.1, -0.05) is 57.6 Å². The second kappa shape index (κ2) is 17.3. The van der Waals surface area contributed by atoms with Crippen LogP contribution in [0.25, 0.3) is 0 Å². The van der Waals surface area contributed by atoms with Crippen LogP contribution in [0.4, 0.5) is 0 Å². The SMILES string of the molecule is CCCCCCCCCOC(=O)c1ccccc1C(=O)OCCCCS(=O)(=O)[O-].[K+]. The quantitative estimate of drug-likeness (QED) is 0.165. The summed E-state index contributed by atoms with van der Waals surface area (Å²) in [5.41, 5.74) is 0.246. The molecule has 0 N–H and O–H groups in total. The molecule has 0 heterocycles. The van der Waals surface area contributed by atoms with Crippen molar-refractivity contribution in [3.8, 4) is 0 Å². The Morgan fingerprint density at radius 1 is 0.800 bits per heavy atom. The minimum Gasteiger partial charge on any atom is -0.748 e. The largest absolute Gasteiger partial charge is 1.00 e. The Kier molecular flexibility index (Phi) is 17.1. The summed E-state index contributed by atoms with van der Waals surface area (Å²) >= 11 is 0. The van der Waals surface area contributed by atoms with Gasteiger partial charge in [-0.15, -0.1) is 0 Å². The zero-order valence-electron chi connectivity index (χ0n) is 18.1. The summed E-state index contributed by atoms with van der Waals surface area (Å²) in [6.07, 6.45) is 8.15. The molecule has 0 spiro atoms. The fraction of sp³-hybridized carbons (Fsp3) is 0.619. The zero-order valence-corrected chi connectivity index (χ0v) is 22.0. The number of carbonyl (C=O) groups excluding carboxylic acids is 2. The van der Waals surface area contributed by atoms with Gasteiger partial charge in [0.1, 0.15) is 0 Å². The summed E-state index contributed by atoms with van der Waals surface area (Å²) < 4.78 is 42.0. The van der Waals surface area contributed by atoms with E-state index in [0.717, 1.165) is 19.3 Å². The van der Waals surface area contributed by atoms with E-state index in [4.69, 9.17) is 9.47 Å². The molecule has 30 heavy (non-hydrogen) atoms. The van der Waals surface area contributed by atoms with Crippen LogP contribution in [0.2, 0.25) is 0 Å². The minimum atomic E-state index is -4.27. The number of unbranched alkanes of at least 4 members (excludes halogenated alkanes) is 7. The van der Waals surface area contributed by atoms with Crippen molar-refractivity contribution in [2.45, 2.75) is 64.7 Å². The van der Waals surface area contributed by atoms with Crippen LogP contribution >= 0.6 is 0 Å². The average Bonchev–Trinajstić information content (AvgIpc) is 2.68. The first-order valence-electron chi connectivity index (χ1n) is 10.2. The van der Waals surface area contributed by atoms with Gasteiger partial charge in [-0.25, -0.2) is 18.0 Å². The molecule has 7 nitrogen and oxygen atoms in total. The Labute approximate surface area is 222 Å². The van der Waals surface area contributed by atoms with E-state index in [9.17, 15) is 22.6 Å². The van der Waals surface area contributed by atoms with Crippen LogP contribution in [-0.4, -0.2) is 43.9 Å². The molecular weight excluding hydrogens is 435 g/mol. The summed E-state index contributed by atoms with van der Waals surface area (Å²) in [4.78, 5) is 24.5. The molecule has 0 aliphatic heterocycles. The van der Waals surface area contributed by atoms with Crippen molar-refractivity contribution in [1.82, 2.24) is 0 Å². The van der Waals surface area contributed by atoms with Crippen molar-refractivity contribution in [1.29, 1.82) is 0 Å². The molecule has 0 aliphatic carbocycles. The molecule has 0 aliphatic rings. The molecule has 1 aromatic rings. The van der Waals surface area contributed by atoms with Crippen molar-refractivity contribution >= 4 is 22.1 Å². The van der Waals surface area contributed by atoms with Crippen LogP contribution in [0, 0.1) is 0 Å². The molecule has 1 rings (SSSR count). The van der Waals surface area contributed by atoms with Crippen LogP contribution in [0.3, 0.4) is 0 Å². The molecule has 1 aromatic carbocycles. The molecule has 0 bridgehead atoms. The van der Waals surface area contributed by atoms with Gasteiger partial charge in [-0.3, -0.25) is 0 Å². The normalized spacial score (nSPS) is 10.9. The van der Waals surface area contributed by atoms with Gasteiger partial charge in [-0.05, 0) is 31.4 Å². The molecule has 0 aromatic heterocycles. The predicted molar refractivity (Wildman–Crippen MR) is 109 cm³/mol. The molecule has 164 valence electrons. The molecule has 0 amide bonds. The van der Waals surface area contributed by atoms with Crippen LogP contribution in [-0.2, 0) is 19.6 Å². The molecule has 0 radical (unpaired) electrons. The number of carbonyl (C=O) groups is 2. The molecule has 0 saturated carbocycles. The van der Waals surface area contributed by atoms with Crippen molar-refractivity contribution < 1.29 is 83.4 Å². The maximum atomic E-state index is 12.3. The topological polar surface area (TPSA) is 110 Å². The van der Waals surface area contributed by atoms with Crippen LogP contribution in [0.15, 0.2) is 24.3 Å². The van der Waals surface area contributed by atoms with E-state index in [-0.39, 0.29) is 82.0 Å². The third-order valence-electron chi connectivity index (χ3n) is 4.37. The number of ether oxygens (including phenoxy) is 2. The molecule has 0 unspecified atom stereocenters. The van der Waals surface area contributed by atoms with Gasteiger partial charge >= 0.3 is 63.3 Å². The smallest absolute Gasteiger partial charge is 0.748 e. The Balaban J connectivity index is 0.00000841. The second-order valence-corrected chi connectivity index (χ2v) is 8.43. The van der Waals surface area contributed by atoms with Crippen molar-refractivity contribution in [3.05, 3.63) is 35.4 Å². The third kappa shape index (κ3) is 13.9. The molecule has 0 fully saturated rings. The van der Waals surface area contributed by atoms with Gasteiger partial charge < -0.3 is 14.0 Å². The monoisotopic (exact) mass is 466 g/mol. The Hall–Kier alpha value is -0.294. The van der Waals surface area contributed by atoms with Gasteiger partial charge in [0.2, 0.25) is 0 Å². The van der Waals surface area contributed by atoms with E-state index >= 15 is 0 Å². The molecule has 0 saturated heterocycles. The van der Waals surface area contributed by atoms with Gasteiger partial charge in [0.15, 0.2) is 0 Å². The summed E-state index contributed by atoms with van der Waals surface area (Å²) in [6, 6.07) is 6.25. The first kappa shape index (κ1) is 29.7. The Bertz CT molecular complexity index is 735. The van der Waals surface area contributed by atoms with Crippen molar-refractivity contribution in [3.63, 3.8) is 0 Å². The number of benzene rings is 1. The number of hydrogen-bond donors (Lipinski definition) is 0. The number of hydrogen-bond acceptors (Lipinski definition) is 7. The fourth-order valence-electron chi connectivity index (χ4n) is 2.76. The molecular formula is C21H31KO7S. The van der Waals surface area contributed by atoms with Crippen molar-refractivity contribution in [2.24, 2.45) is 0 Å². The van der Waals surface area contributed by atoms with Crippen LogP contribution < -0.4 is 51.4 Å². The Morgan fingerprint density at radius 3 is 1.70 bits per heavy atom. The van der Waals surface area contributed by atoms with E-state index in [0.29, 0.717) is 6.61 Å². The van der Waals surface area contributed by atoms with Gasteiger partial charge in [0.25, 0.3) is 0 Å². The standard InChI is InChI=1S/C21H32O7S.K/c1-2-3-4-5-6-7-10-15-27-20(22)18-13-8-9-14-19(18)21(23)28-16-11-12-17-29(24,25)26;/h8-9,13-14H,2-7,10-12,15-17H2,1H3,(H,24,25,26);/q;+1/p-1. The minimum absolute atomic E-state index is 0. The first-order valence-corrected chi connectivity index (χ1v) is 11.8.